The van der Waals surface area contributed by atoms with Crippen molar-refractivity contribution in [2.75, 3.05) is 16.9 Å². The highest BCUT2D eigenvalue weighted by Gasteiger charge is 2.22. The van der Waals surface area contributed by atoms with E-state index >= 15 is 0 Å². The minimum atomic E-state index is -0.128. The predicted octanol–water partition coefficient (Wildman–Crippen LogP) is 1.34. The van der Waals surface area contributed by atoms with Gasteiger partial charge in [0.2, 0.25) is 18.2 Å². The Morgan fingerprint density at radius 1 is 1.53 bits per heavy atom. The molecule has 1 fully saturated rings. The van der Waals surface area contributed by atoms with Crippen LogP contribution in [0.25, 0.3) is 11.5 Å². The zero-order chi connectivity index (χ0) is 13.1. The van der Waals surface area contributed by atoms with Crippen LogP contribution in [0.1, 0.15) is 0 Å². The molecule has 1 aromatic carbocycles. The van der Waals surface area contributed by atoms with Crippen LogP contribution in [0.15, 0.2) is 35.1 Å². The molecular formula is C12H12N4O2S. The second-order valence-corrected chi connectivity index (χ2v) is 5.12. The van der Waals surface area contributed by atoms with Crippen molar-refractivity contribution < 1.29 is 9.21 Å². The second kappa shape index (κ2) is 5.41. The van der Waals surface area contributed by atoms with E-state index in [9.17, 15) is 4.79 Å². The highest BCUT2D eigenvalue weighted by Crippen LogP contribution is 2.21. The molecule has 1 aliphatic heterocycles. The van der Waals surface area contributed by atoms with Gasteiger partial charge in [-0.25, -0.2) is 0 Å². The number of carbonyl (C=O) groups excluding carboxylic acids is 1. The van der Waals surface area contributed by atoms with Crippen LogP contribution in [0.4, 0.5) is 5.69 Å². The van der Waals surface area contributed by atoms with E-state index in [1.807, 2.05) is 24.3 Å². The van der Waals surface area contributed by atoms with E-state index in [0.29, 0.717) is 5.89 Å². The zero-order valence-electron chi connectivity index (χ0n) is 10.00. The Balaban J connectivity index is 1.74. The summed E-state index contributed by atoms with van der Waals surface area (Å²) in [4.78, 5) is 12.0. The number of rotatable bonds is 3. The predicted molar refractivity (Wildman–Crippen MR) is 72.6 cm³/mol. The van der Waals surface area contributed by atoms with Gasteiger partial charge in [0.15, 0.2) is 0 Å². The minimum absolute atomic E-state index is 0.0207. The lowest BCUT2D eigenvalue weighted by Crippen LogP contribution is -2.37. The summed E-state index contributed by atoms with van der Waals surface area (Å²) >= 11 is 1.72. The highest BCUT2D eigenvalue weighted by molar-refractivity contribution is 7.99. The van der Waals surface area contributed by atoms with Crippen molar-refractivity contribution in [3.05, 3.63) is 30.7 Å². The molecule has 1 amide bonds. The average Bonchev–Trinajstić information content (AvgIpc) is 3.13. The number of nitrogens with zero attached hydrogens (tertiary/aromatic N) is 2. The van der Waals surface area contributed by atoms with Crippen LogP contribution in [-0.4, -0.2) is 33.8 Å². The largest absolute Gasteiger partial charge is 0.423 e. The third-order valence-corrected chi connectivity index (χ3v) is 3.71. The molecule has 2 heterocycles. The van der Waals surface area contributed by atoms with Gasteiger partial charge < -0.3 is 9.73 Å². The SMILES string of the molecule is O=C(Nc1cccc(-c2nnco2)c1)C1CSCN1. The molecule has 19 heavy (non-hydrogen) atoms. The maximum atomic E-state index is 12.0. The molecule has 2 aromatic rings. The molecule has 2 N–H and O–H groups in total. The Kier molecular flexibility index (Phi) is 3.47. The van der Waals surface area contributed by atoms with Gasteiger partial charge in [0.25, 0.3) is 0 Å². The van der Waals surface area contributed by atoms with Crippen LogP contribution < -0.4 is 10.6 Å². The summed E-state index contributed by atoms with van der Waals surface area (Å²) in [5, 5.41) is 13.5. The molecule has 1 aliphatic rings. The smallest absolute Gasteiger partial charge is 0.247 e. The molecule has 6 nitrogen and oxygen atoms in total. The lowest BCUT2D eigenvalue weighted by molar-refractivity contribution is -0.117. The molecule has 0 bridgehead atoms. The molecule has 0 radical (unpaired) electrons. The molecule has 1 aromatic heterocycles. The fourth-order valence-electron chi connectivity index (χ4n) is 1.82. The lowest BCUT2D eigenvalue weighted by atomic mass is 10.2. The first kappa shape index (κ1) is 12.2. The van der Waals surface area contributed by atoms with Crippen molar-refractivity contribution in [2.45, 2.75) is 6.04 Å². The Bertz CT molecular complexity index is 567. The summed E-state index contributed by atoms with van der Waals surface area (Å²) in [6.45, 7) is 0. The standard InChI is InChI=1S/C12H12N4O2S/c17-11(10-5-19-7-13-10)15-9-3-1-2-8(4-9)12-16-14-6-18-12/h1-4,6,10,13H,5,7H2,(H,15,17). The number of hydrogen-bond donors (Lipinski definition) is 2. The summed E-state index contributed by atoms with van der Waals surface area (Å²) in [6, 6.07) is 7.21. The van der Waals surface area contributed by atoms with Gasteiger partial charge in [0, 0.05) is 22.9 Å². The Morgan fingerprint density at radius 3 is 3.21 bits per heavy atom. The molecule has 1 unspecified atom stereocenters. The third-order valence-electron chi connectivity index (χ3n) is 2.77. The fraction of sp³-hybridized carbons (Fsp3) is 0.250. The van der Waals surface area contributed by atoms with E-state index in [2.05, 4.69) is 20.8 Å². The van der Waals surface area contributed by atoms with Gasteiger partial charge in [0.05, 0.1) is 6.04 Å². The number of hydrogen-bond acceptors (Lipinski definition) is 6. The number of amides is 1. The first-order valence-corrected chi connectivity index (χ1v) is 6.97. The van der Waals surface area contributed by atoms with Crippen molar-refractivity contribution in [1.29, 1.82) is 0 Å². The van der Waals surface area contributed by atoms with Crippen LogP contribution >= 0.6 is 11.8 Å². The minimum Gasteiger partial charge on any atom is -0.423 e. The summed E-state index contributed by atoms with van der Waals surface area (Å²) in [6.07, 6.45) is 1.28. The van der Waals surface area contributed by atoms with Crippen molar-refractivity contribution in [2.24, 2.45) is 0 Å². The molecule has 0 spiro atoms. The van der Waals surface area contributed by atoms with E-state index in [-0.39, 0.29) is 11.9 Å². The molecule has 3 rings (SSSR count). The summed E-state index contributed by atoms with van der Waals surface area (Å²) in [7, 11) is 0. The maximum Gasteiger partial charge on any atom is 0.247 e. The Labute approximate surface area is 114 Å². The van der Waals surface area contributed by atoms with Crippen molar-refractivity contribution in [3.8, 4) is 11.5 Å². The van der Waals surface area contributed by atoms with Gasteiger partial charge in [-0.3, -0.25) is 10.1 Å². The van der Waals surface area contributed by atoms with E-state index < -0.39 is 0 Å². The van der Waals surface area contributed by atoms with Crippen LogP contribution in [0.5, 0.6) is 0 Å². The number of anilines is 1. The first-order valence-electron chi connectivity index (χ1n) is 5.81. The van der Waals surface area contributed by atoms with Crippen LogP contribution in [0.2, 0.25) is 0 Å². The molecular weight excluding hydrogens is 264 g/mol. The lowest BCUT2D eigenvalue weighted by Gasteiger charge is -2.10. The summed E-state index contributed by atoms with van der Waals surface area (Å²) in [5.41, 5.74) is 1.50. The second-order valence-electron chi connectivity index (χ2n) is 4.09. The van der Waals surface area contributed by atoms with Crippen LogP contribution in [0, 0.1) is 0 Å². The number of benzene rings is 1. The molecule has 1 atom stereocenters. The van der Waals surface area contributed by atoms with Crippen molar-refractivity contribution in [3.63, 3.8) is 0 Å². The van der Waals surface area contributed by atoms with Crippen molar-refractivity contribution in [1.82, 2.24) is 15.5 Å². The number of carbonyl (C=O) groups is 1. The summed E-state index contributed by atoms with van der Waals surface area (Å²) < 4.78 is 5.13. The van der Waals surface area contributed by atoms with E-state index in [4.69, 9.17) is 4.42 Å². The van der Waals surface area contributed by atoms with Gasteiger partial charge in [-0.15, -0.1) is 22.0 Å². The quantitative estimate of drug-likeness (QED) is 0.880. The fourth-order valence-corrected chi connectivity index (χ4v) is 2.76. The number of nitrogens with one attached hydrogen (secondary N) is 2. The average molecular weight is 276 g/mol. The van der Waals surface area contributed by atoms with E-state index in [0.717, 1.165) is 22.9 Å². The molecule has 0 aliphatic carbocycles. The maximum absolute atomic E-state index is 12.0. The normalized spacial score (nSPS) is 18.4. The molecule has 1 saturated heterocycles. The Hall–Kier alpha value is -1.86. The summed E-state index contributed by atoms with van der Waals surface area (Å²) in [5.74, 6) is 2.04. The third kappa shape index (κ3) is 2.77. The van der Waals surface area contributed by atoms with Crippen molar-refractivity contribution >= 4 is 23.4 Å². The van der Waals surface area contributed by atoms with Crippen LogP contribution in [-0.2, 0) is 4.79 Å². The Morgan fingerprint density at radius 2 is 2.47 bits per heavy atom. The van der Waals surface area contributed by atoms with E-state index in [1.54, 1.807) is 11.8 Å². The van der Waals surface area contributed by atoms with Gasteiger partial charge in [-0.2, -0.15) is 0 Å². The zero-order valence-corrected chi connectivity index (χ0v) is 10.8. The van der Waals surface area contributed by atoms with Gasteiger partial charge in [-0.05, 0) is 18.2 Å². The van der Waals surface area contributed by atoms with E-state index in [1.165, 1.54) is 6.39 Å². The highest BCUT2D eigenvalue weighted by atomic mass is 32.2. The first-order chi connectivity index (χ1) is 9.33. The topological polar surface area (TPSA) is 80.1 Å². The van der Waals surface area contributed by atoms with Gasteiger partial charge in [-0.1, -0.05) is 6.07 Å². The van der Waals surface area contributed by atoms with Gasteiger partial charge in [0.1, 0.15) is 0 Å². The molecule has 0 saturated carbocycles. The van der Waals surface area contributed by atoms with Crippen LogP contribution in [0.3, 0.4) is 0 Å². The molecule has 98 valence electrons. The number of aromatic nitrogens is 2. The number of thioether (sulfide) groups is 1. The monoisotopic (exact) mass is 276 g/mol. The van der Waals surface area contributed by atoms with Gasteiger partial charge >= 0.3 is 0 Å². The molecule has 7 heteroatoms.